The van der Waals surface area contributed by atoms with E-state index in [1.165, 1.54) is 5.56 Å². The first-order chi connectivity index (χ1) is 7.92. The van der Waals surface area contributed by atoms with E-state index in [-0.39, 0.29) is 0 Å². The number of hydrogen-bond acceptors (Lipinski definition) is 2. The summed E-state index contributed by atoms with van der Waals surface area (Å²) in [5.41, 5.74) is 7.08. The quantitative estimate of drug-likeness (QED) is 0.898. The van der Waals surface area contributed by atoms with Gasteiger partial charge >= 0.3 is 0 Å². The molecule has 0 aliphatic rings. The molecule has 1 aromatic rings. The van der Waals surface area contributed by atoms with E-state index in [1.54, 1.807) is 0 Å². The van der Waals surface area contributed by atoms with Crippen LogP contribution < -0.4 is 10.5 Å². The monoisotopic (exact) mass is 299 g/mol. The fourth-order valence-electron chi connectivity index (χ4n) is 1.45. The van der Waals surface area contributed by atoms with Crippen LogP contribution in [0.2, 0.25) is 0 Å². The van der Waals surface area contributed by atoms with Crippen LogP contribution in [0.3, 0.4) is 0 Å². The lowest BCUT2D eigenvalue weighted by Crippen LogP contribution is -2.11. The minimum absolute atomic E-state index is 0.311. The Morgan fingerprint density at radius 3 is 2.53 bits per heavy atom. The SMILES string of the molecule is CC(C)(C)CCOc1ccc(CCN)cc1Br. The van der Waals surface area contributed by atoms with Crippen molar-refractivity contribution in [2.75, 3.05) is 13.2 Å². The maximum absolute atomic E-state index is 5.77. The van der Waals surface area contributed by atoms with Crippen molar-refractivity contribution in [2.45, 2.75) is 33.6 Å². The summed E-state index contributed by atoms with van der Waals surface area (Å²) in [5, 5.41) is 0. The van der Waals surface area contributed by atoms with Crippen LogP contribution in [-0.2, 0) is 6.42 Å². The number of nitrogens with two attached hydrogens (primary N) is 1. The summed E-state index contributed by atoms with van der Waals surface area (Å²) in [4.78, 5) is 0. The number of benzene rings is 1. The zero-order valence-corrected chi connectivity index (χ0v) is 12.5. The van der Waals surface area contributed by atoms with Crippen molar-refractivity contribution in [1.29, 1.82) is 0 Å². The van der Waals surface area contributed by atoms with Crippen molar-refractivity contribution in [3.8, 4) is 5.75 Å². The summed E-state index contributed by atoms with van der Waals surface area (Å²) in [5.74, 6) is 0.912. The number of halogens is 1. The van der Waals surface area contributed by atoms with Crippen molar-refractivity contribution < 1.29 is 4.74 Å². The maximum atomic E-state index is 5.77. The topological polar surface area (TPSA) is 35.2 Å². The van der Waals surface area contributed by atoms with Gasteiger partial charge in [0.25, 0.3) is 0 Å². The van der Waals surface area contributed by atoms with E-state index in [4.69, 9.17) is 10.5 Å². The summed E-state index contributed by atoms with van der Waals surface area (Å²) < 4.78 is 6.78. The molecule has 1 rings (SSSR count). The summed E-state index contributed by atoms with van der Waals surface area (Å²) in [6.07, 6.45) is 1.95. The first-order valence-corrected chi connectivity index (χ1v) is 6.83. The molecule has 0 fully saturated rings. The second kappa shape index (κ2) is 6.41. The van der Waals surface area contributed by atoms with E-state index in [9.17, 15) is 0 Å². The van der Waals surface area contributed by atoms with Crippen LogP contribution in [0.15, 0.2) is 22.7 Å². The van der Waals surface area contributed by atoms with Gasteiger partial charge in [0, 0.05) is 0 Å². The van der Waals surface area contributed by atoms with E-state index >= 15 is 0 Å². The molecule has 2 nitrogen and oxygen atoms in total. The zero-order chi connectivity index (χ0) is 12.9. The smallest absolute Gasteiger partial charge is 0.133 e. The minimum Gasteiger partial charge on any atom is -0.492 e. The minimum atomic E-state index is 0.311. The Kier molecular flexibility index (Phi) is 5.47. The highest BCUT2D eigenvalue weighted by Gasteiger charge is 2.10. The van der Waals surface area contributed by atoms with Gasteiger partial charge < -0.3 is 10.5 Å². The van der Waals surface area contributed by atoms with Gasteiger partial charge in [0.15, 0.2) is 0 Å². The molecule has 17 heavy (non-hydrogen) atoms. The first-order valence-electron chi connectivity index (χ1n) is 6.04. The molecule has 0 heterocycles. The molecule has 0 aromatic heterocycles. The lowest BCUT2D eigenvalue weighted by Gasteiger charge is -2.18. The van der Waals surface area contributed by atoms with Crippen LogP contribution in [0.25, 0.3) is 0 Å². The van der Waals surface area contributed by atoms with Gasteiger partial charge in [-0.25, -0.2) is 0 Å². The number of ether oxygens (including phenoxy) is 1. The predicted molar refractivity (Wildman–Crippen MR) is 76.5 cm³/mol. The van der Waals surface area contributed by atoms with Gasteiger partial charge in [-0.05, 0) is 58.4 Å². The predicted octanol–water partition coefficient (Wildman–Crippen LogP) is 3.77. The second-order valence-electron chi connectivity index (χ2n) is 5.46. The van der Waals surface area contributed by atoms with Crippen molar-refractivity contribution in [2.24, 2.45) is 11.1 Å². The highest BCUT2D eigenvalue weighted by molar-refractivity contribution is 9.10. The highest BCUT2D eigenvalue weighted by atomic mass is 79.9. The number of hydrogen-bond donors (Lipinski definition) is 1. The fourth-order valence-corrected chi connectivity index (χ4v) is 1.99. The highest BCUT2D eigenvalue weighted by Crippen LogP contribution is 2.27. The molecule has 0 aliphatic carbocycles. The van der Waals surface area contributed by atoms with Crippen LogP contribution in [0.4, 0.5) is 0 Å². The fraction of sp³-hybridized carbons (Fsp3) is 0.571. The van der Waals surface area contributed by atoms with E-state index in [0.717, 1.165) is 29.7 Å². The average Bonchev–Trinajstić information content (AvgIpc) is 2.20. The van der Waals surface area contributed by atoms with E-state index in [0.29, 0.717) is 12.0 Å². The molecular formula is C14H22BrNO. The van der Waals surface area contributed by atoms with Crippen LogP contribution in [0, 0.1) is 5.41 Å². The summed E-state index contributed by atoms with van der Waals surface area (Å²) >= 11 is 3.53. The third-order valence-electron chi connectivity index (χ3n) is 2.54. The molecule has 3 heteroatoms. The van der Waals surface area contributed by atoms with Gasteiger partial charge in [-0.1, -0.05) is 26.8 Å². The van der Waals surface area contributed by atoms with Crippen molar-refractivity contribution in [3.05, 3.63) is 28.2 Å². The maximum Gasteiger partial charge on any atom is 0.133 e. The third kappa shape index (κ3) is 5.55. The van der Waals surface area contributed by atoms with Crippen molar-refractivity contribution in [1.82, 2.24) is 0 Å². The molecule has 0 saturated heterocycles. The molecule has 0 unspecified atom stereocenters. The van der Waals surface area contributed by atoms with Gasteiger partial charge in [-0.3, -0.25) is 0 Å². The summed E-state index contributed by atoms with van der Waals surface area (Å²) in [6.45, 7) is 8.08. The molecule has 0 bridgehead atoms. The Balaban J connectivity index is 2.54. The molecule has 1 aromatic carbocycles. The molecule has 0 aliphatic heterocycles. The Labute approximate surface area is 113 Å². The molecule has 0 saturated carbocycles. The van der Waals surface area contributed by atoms with Crippen LogP contribution in [0.5, 0.6) is 5.75 Å². The van der Waals surface area contributed by atoms with Crippen molar-refractivity contribution in [3.63, 3.8) is 0 Å². The summed E-state index contributed by atoms with van der Waals surface area (Å²) in [6, 6.07) is 6.17. The lowest BCUT2D eigenvalue weighted by atomic mass is 9.93. The molecule has 0 spiro atoms. The molecule has 96 valence electrons. The van der Waals surface area contributed by atoms with Gasteiger partial charge in [-0.15, -0.1) is 0 Å². The Morgan fingerprint density at radius 2 is 2.00 bits per heavy atom. The largest absolute Gasteiger partial charge is 0.492 e. The summed E-state index contributed by atoms with van der Waals surface area (Å²) in [7, 11) is 0. The van der Waals surface area contributed by atoms with Gasteiger partial charge in [-0.2, -0.15) is 0 Å². The van der Waals surface area contributed by atoms with Crippen LogP contribution in [0.1, 0.15) is 32.8 Å². The normalized spacial score (nSPS) is 11.6. The van der Waals surface area contributed by atoms with Crippen molar-refractivity contribution >= 4 is 15.9 Å². The molecule has 0 radical (unpaired) electrons. The molecule has 0 amide bonds. The Hall–Kier alpha value is -0.540. The van der Waals surface area contributed by atoms with Crippen LogP contribution >= 0.6 is 15.9 Å². The second-order valence-corrected chi connectivity index (χ2v) is 6.32. The zero-order valence-electron chi connectivity index (χ0n) is 10.9. The molecule has 0 atom stereocenters. The third-order valence-corrected chi connectivity index (χ3v) is 3.16. The van der Waals surface area contributed by atoms with E-state index in [1.807, 2.05) is 6.07 Å². The standard InChI is InChI=1S/C14H22BrNO/c1-14(2,3)7-9-17-13-5-4-11(6-8-16)10-12(13)15/h4-5,10H,6-9,16H2,1-3H3. The van der Waals surface area contributed by atoms with E-state index in [2.05, 4.69) is 48.8 Å². The van der Waals surface area contributed by atoms with Gasteiger partial charge in [0.1, 0.15) is 5.75 Å². The Morgan fingerprint density at radius 1 is 1.29 bits per heavy atom. The molecule has 2 N–H and O–H groups in total. The van der Waals surface area contributed by atoms with Crippen LogP contribution in [-0.4, -0.2) is 13.2 Å². The van der Waals surface area contributed by atoms with E-state index < -0.39 is 0 Å². The molecular weight excluding hydrogens is 278 g/mol. The Bertz CT molecular complexity index is 358. The van der Waals surface area contributed by atoms with Gasteiger partial charge in [0.05, 0.1) is 11.1 Å². The number of rotatable bonds is 5. The average molecular weight is 300 g/mol. The lowest BCUT2D eigenvalue weighted by molar-refractivity contribution is 0.242. The first kappa shape index (κ1) is 14.5. The van der Waals surface area contributed by atoms with Gasteiger partial charge in [0.2, 0.25) is 0 Å².